The van der Waals surface area contributed by atoms with Gasteiger partial charge in [0.2, 0.25) is 0 Å². The maximum Gasteiger partial charge on any atom is 0.0613 e. The van der Waals surface area contributed by atoms with Crippen LogP contribution >= 0.6 is 0 Å². The second-order valence-electron chi connectivity index (χ2n) is 7.00. The highest BCUT2D eigenvalue weighted by Crippen LogP contribution is 2.31. The van der Waals surface area contributed by atoms with Crippen molar-refractivity contribution in [1.29, 1.82) is 0 Å². The quantitative estimate of drug-likeness (QED) is 0.649. The Kier molecular flexibility index (Phi) is 8.79. The van der Waals surface area contributed by atoms with Crippen LogP contribution in [0, 0.1) is 5.92 Å². The highest BCUT2D eigenvalue weighted by Gasteiger charge is 2.37. The van der Waals surface area contributed by atoms with Crippen molar-refractivity contribution < 1.29 is 9.84 Å². The predicted molar refractivity (Wildman–Crippen MR) is 88.7 cm³/mol. The van der Waals surface area contributed by atoms with E-state index >= 15 is 0 Å². The number of aliphatic hydroxyl groups is 1. The summed E-state index contributed by atoms with van der Waals surface area (Å²) in [6, 6.07) is 0.563. The molecule has 1 rings (SSSR count). The van der Waals surface area contributed by atoms with E-state index in [2.05, 4.69) is 31.0 Å². The number of aliphatic hydroxyl groups excluding tert-OH is 1. The van der Waals surface area contributed by atoms with Crippen molar-refractivity contribution in [2.75, 3.05) is 40.0 Å². The summed E-state index contributed by atoms with van der Waals surface area (Å²) in [6.45, 7) is 10.9. The Morgan fingerprint density at radius 2 is 2.19 bits per heavy atom. The molecule has 0 aromatic heterocycles. The fourth-order valence-corrected chi connectivity index (χ4v) is 3.49. The molecule has 0 saturated heterocycles. The first-order valence-electron chi connectivity index (χ1n) is 8.65. The van der Waals surface area contributed by atoms with Crippen LogP contribution < -0.4 is 5.32 Å². The van der Waals surface area contributed by atoms with Crippen LogP contribution in [0.15, 0.2) is 0 Å². The zero-order valence-electron chi connectivity index (χ0n) is 14.5. The maximum atomic E-state index is 9.92. The van der Waals surface area contributed by atoms with Gasteiger partial charge in [0.25, 0.3) is 0 Å². The van der Waals surface area contributed by atoms with E-state index in [1.54, 1.807) is 7.11 Å². The van der Waals surface area contributed by atoms with Crippen molar-refractivity contribution >= 4 is 0 Å². The van der Waals surface area contributed by atoms with E-state index in [1.165, 1.54) is 12.8 Å². The smallest absolute Gasteiger partial charge is 0.0613 e. The number of hydrogen-bond acceptors (Lipinski definition) is 4. The molecule has 0 spiro atoms. The molecule has 1 fully saturated rings. The third-order valence-electron chi connectivity index (χ3n) is 4.57. The van der Waals surface area contributed by atoms with Crippen LogP contribution in [0.5, 0.6) is 0 Å². The SMILES string of the molecule is CCCNC1(CO)CCCC(N(CCOC)CC(C)C)C1. The second kappa shape index (κ2) is 9.78. The molecule has 0 bridgehead atoms. The predicted octanol–water partition coefficient (Wildman–Crippen LogP) is 2.26. The summed E-state index contributed by atoms with van der Waals surface area (Å²) in [5.41, 5.74) is -0.0682. The Bertz CT molecular complexity index is 274. The zero-order valence-corrected chi connectivity index (χ0v) is 14.5. The fourth-order valence-electron chi connectivity index (χ4n) is 3.49. The molecule has 0 amide bonds. The third kappa shape index (κ3) is 6.23. The van der Waals surface area contributed by atoms with Gasteiger partial charge < -0.3 is 15.2 Å². The van der Waals surface area contributed by atoms with Gasteiger partial charge in [-0.25, -0.2) is 0 Å². The molecule has 1 aliphatic carbocycles. The molecule has 4 heteroatoms. The molecule has 0 aromatic rings. The van der Waals surface area contributed by atoms with Gasteiger partial charge in [-0.15, -0.1) is 0 Å². The lowest BCUT2D eigenvalue weighted by molar-refractivity contribution is 0.0407. The van der Waals surface area contributed by atoms with E-state index < -0.39 is 0 Å². The molecular formula is C17H36N2O2. The third-order valence-corrected chi connectivity index (χ3v) is 4.57. The number of ether oxygens (including phenoxy) is 1. The topological polar surface area (TPSA) is 44.7 Å². The maximum absolute atomic E-state index is 9.92. The number of methoxy groups -OCH3 is 1. The largest absolute Gasteiger partial charge is 0.394 e. The minimum atomic E-state index is -0.0682. The minimum absolute atomic E-state index is 0.0682. The highest BCUT2D eigenvalue weighted by molar-refractivity contribution is 4.96. The van der Waals surface area contributed by atoms with Crippen LogP contribution in [-0.2, 0) is 4.74 Å². The lowest BCUT2D eigenvalue weighted by atomic mass is 9.78. The van der Waals surface area contributed by atoms with E-state index in [4.69, 9.17) is 4.74 Å². The monoisotopic (exact) mass is 300 g/mol. The molecular weight excluding hydrogens is 264 g/mol. The van der Waals surface area contributed by atoms with Gasteiger partial charge in [0.05, 0.1) is 13.2 Å². The van der Waals surface area contributed by atoms with Gasteiger partial charge in [-0.1, -0.05) is 20.8 Å². The van der Waals surface area contributed by atoms with Crippen molar-refractivity contribution in [3.05, 3.63) is 0 Å². The highest BCUT2D eigenvalue weighted by atomic mass is 16.5. The van der Waals surface area contributed by atoms with Crippen LogP contribution in [0.4, 0.5) is 0 Å². The summed E-state index contributed by atoms with van der Waals surface area (Å²) >= 11 is 0. The molecule has 126 valence electrons. The van der Waals surface area contributed by atoms with Gasteiger partial charge >= 0.3 is 0 Å². The number of nitrogens with one attached hydrogen (secondary N) is 1. The minimum Gasteiger partial charge on any atom is -0.394 e. The van der Waals surface area contributed by atoms with Crippen molar-refractivity contribution in [2.24, 2.45) is 5.92 Å². The van der Waals surface area contributed by atoms with E-state index in [-0.39, 0.29) is 12.1 Å². The lowest BCUT2D eigenvalue weighted by Crippen LogP contribution is -2.56. The Hall–Kier alpha value is -0.160. The number of rotatable bonds is 10. The van der Waals surface area contributed by atoms with Crippen LogP contribution in [0.3, 0.4) is 0 Å². The average Bonchev–Trinajstić information content (AvgIpc) is 2.49. The summed E-state index contributed by atoms with van der Waals surface area (Å²) < 4.78 is 5.28. The molecule has 2 unspecified atom stereocenters. The van der Waals surface area contributed by atoms with Crippen molar-refractivity contribution in [3.8, 4) is 0 Å². The first-order valence-corrected chi connectivity index (χ1v) is 8.65. The van der Waals surface area contributed by atoms with Gasteiger partial charge in [0.1, 0.15) is 0 Å². The molecule has 21 heavy (non-hydrogen) atoms. The number of hydrogen-bond donors (Lipinski definition) is 2. The van der Waals surface area contributed by atoms with E-state index in [0.717, 1.165) is 45.5 Å². The molecule has 0 heterocycles. The van der Waals surface area contributed by atoms with Crippen molar-refractivity contribution in [1.82, 2.24) is 10.2 Å². The number of nitrogens with zero attached hydrogens (tertiary/aromatic N) is 1. The Balaban J connectivity index is 2.68. The summed E-state index contributed by atoms with van der Waals surface area (Å²) in [5.74, 6) is 0.663. The Morgan fingerprint density at radius 1 is 1.43 bits per heavy atom. The Labute approximate surface area is 131 Å². The van der Waals surface area contributed by atoms with Gasteiger partial charge in [0, 0.05) is 31.8 Å². The molecule has 0 aliphatic heterocycles. The summed E-state index contributed by atoms with van der Waals surface area (Å²) in [7, 11) is 1.77. The molecule has 1 saturated carbocycles. The van der Waals surface area contributed by atoms with Crippen LogP contribution in [-0.4, -0.2) is 61.5 Å². The molecule has 4 nitrogen and oxygen atoms in total. The van der Waals surface area contributed by atoms with Crippen LogP contribution in [0.25, 0.3) is 0 Å². The van der Waals surface area contributed by atoms with E-state index in [9.17, 15) is 5.11 Å². The average molecular weight is 300 g/mol. The van der Waals surface area contributed by atoms with Gasteiger partial charge in [0.15, 0.2) is 0 Å². The van der Waals surface area contributed by atoms with Crippen LogP contribution in [0.1, 0.15) is 52.9 Å². The summed E-state index contributed by atoms with van der Waals surface area (Å²) in [4.78, 5) is 2.57. The van der Waals surface area contributed by atoms with E-state index in [1.807, 2.05) is 0 Å². The molecule has 0 radical (unpaired) electrons. The molecule has 1 aliphatic rings. The zero-order chi connectivity index (χ0) is 15.7. The summed E-state index contributed by atoms with van der Waals surface area (Å²) in [5, 5.41) is 13.5. The first kappa shape index (κ1) is 18.9. The van der Waals surface area contributed by atoms with Gasteiger partial charge in [-0.05, 0) is 44.6 Å². The van der Waals surface area contributed by atoms with Crippen LogP contribution in [0.2, 0.25) is 0 Å². The fraction of sp³-hybridized carbons (Fsp3) is 1.00. The van der Waals surface area contributed by atoms with E-state index in [0.29, 0.717) is 12.0 Å². The molecule has 0 aromatic carbocycles. The Morgan fingerprint density at radius 3 is 2.76 bits per heavy atom. The van der Waals surface area contributed by atoms with Gasteiger partial charge in [-0.3, -0.25) is 4.90 Å². The second-order valence-corrected chi connectivity index (χ2v) is 7.00. The van der Waals surface area contributed by atoms with Gasteiger partial charge in [-0.2, -0.15) is 0 Å². The first-order chi connectivity index (χ1) is 10.1. The molecule has 2 atom stereocenters. The standard InChI is InChI=1S/C17H36N2O2/c1-5-9-18-17(14-20)8-6-7-16(12-17)19(10-11-21-4)13-15(2)3/h15-16,18,20H,5-14H2,1-4H3. The van der Waals surface area contributed by atoms with Crippen molar-refractivity contribution in [3.63, 3.8) is 0 Å². The molecule has 2 N–H and O–H groups in total. The van der Waals surface area contributed by atoms with Crippen molar-refractivity contribution in [2.45, 2.75) is 64.5 Å². The normalized spacial score (nSPS) is 26.7. The summed E-state index contributed by atoms with van der Waals surface area (Å²) in [6.07, 6.45) is 5.71. The lowest BCUT2D eigenvalue weighted by Gasteiger charge is -2.45.